The summed E-state index contributed by atoms with van der Waals surface area (Å²) in [7, 11) is 0. The van der Waals surface area contributed by atoms with Crippen LogP contribution in [0.1, 0.15) is 30.4 Å². The maximum Gasteiger partial charge on any atom is 0.127 e. The molecule has 0 aliphatic heterocycles. The smallest absolute Gasteiger partial charge is 0.127 e. The third-order valence-electron chi connectivity index (χ3n) is 4.70. The zero-order chi connectivity index (χ0) is 17.9. The fourth-order valence-corrected chi connectivity index (χ4v) is 3.82. The summed E-state index contributed by atoms with van der Waals surface area (Å²) >= 11 is 3.59. The molecule has 0 spiro atoms. The molecule has 0 aliphatic carbocycles. The molecule has 3 aromatic carbocycles. The monoisotopic (exact) mass is 405 g/mol. The van der Waals surface area contributed by atoms with E-state index in [1.54, 1.807) is 0 Å². The Balaban J connectivity index is 1.70. The van der Waals surface area contributed by atoms with Crippen molar-refractivity contribution in [1.82, 2.24) is 4.98 Å². The van der Waals surface area contributed by atoms with E-state index in [0.29, 0.717) is 5.92 Å². The third-order valence-corrected chi connectivity index (χ3v) is 5.19. The van der Waals surface area contributed by atoms with Gasteiger partial charge in [0.15, 0.2) is 0 Å². The highest BCUT2D eigenvalue weighted by Gasteiger charge is 2.17. The minimum absolute atomic E-state index is 0.317. The lowest BCUT2D eigenvalue weighted by molar-refractivity contribution is 0.481. The predicted molar refractivity (Wildman–Crippen MR) is 111 cm³/mol. The van der Waals surface area contributed by atoms with Crippen LogP contribution >= 0.6 is 15.9 Å². The van der Waals surface area contributed by atoms with Crippen LogP contribution < -0.4 is 4.74 Å². The molecular weight excluding hydrogens is 386 g/mol. The molecule has 1 heterocycles. The van der Waals surface area contributed by atoms with Crippen molar-refractivity contribution >= 4 is 26.8 Å². The van der Waals surface area contributed by atoms with Crippen molar-refractivity contribution in [3.63, 3.8) is 0 Å². The molecule has 0 bridgehead atoms. The minimum Gasteiger partial charge on any atom is -0.457 e. The van der Waals surface area contributed by atoms with E-state index in [0.717, 1.165) is 22.4 Å². The Labute approximate surface area is 162 Å². The van der Waals surface area contributed by atoms with Crippen molar-refractivity contribution in [3.05, 3.63) is 94.6 Å². The second-order valence-corrected chi connectivity index (χ2v) is 7.30. The van der Waals surface area contributed by atoms with E-state index in [2.05, 4.69) is 70.4 Å². The summed E-state index contributed by atoms with van der Waals surface area (Å²) in [5.74, 6) is 2.04. The fourth-order valence-electron chi connectivity index (χ4n) is 3.46. The van der Waals surface area contributed by atoms with Crippen LogP contribution in [0, 0.1) is 0 Å². The van der Waals surface area contributed by atoms with Crippen molar-refractivity contribution in [1.29, 1.82) is 0 Å². The van der Waals surface area contributed by atoms with Crippen LogP contribution in [0.3, 0.4) is 0 Å². The highest BCUT2D eigenvalue weighted by Crippen LogP contribution is 2.36. The molecule has 3 heteroatoms. The van der Waals surface area contributed by atoms with Gasteiger partial charge in [-0.25, -0.2) is 0 Å². The van der Waals surface area contributed by atoms with E-state index >= 15 is 0 Å². The molecule has 1 unspecified atom stereocenters. The maximum atomic E-state index is 6.02. The van der Waals surface area contributed by atoms with Crippen molar-refractivity contribution < 1.29 is 4.74 Å². The predicted octanol–water partition coefficient (Wildman–Crippen LogP) is 7.26. The van der Waals surface area contributed by atoms with E-state index < -0.39 is 0 Å². The Morgan fingerprint density at radius 1 is 0.923 bits per heavy atom. The third kappa shape index (κ3) is 3.40. The first-order valence-corrected chi connectivity index (χ1v) is 9.63. The fraction of sp³-hybridized carbons (Fsp3) is 0.130. The molecule has 4 aromatic rings. The van der Waals surface area contributed by atoms with Crippen LogP contribution in [0.2, 0.25) is 0 Å². The van der Waals surface area contributed by atoms with Crippen molar-refractivity contribution in [2.24, 2.45) is 0 Å². The molecule has 0 radical (unpaired) electrons. The van der Waals surface area contributed by atoms with Gasteiger partial charge in [-0.15, -0.1) is 0 Å². The van der Waals surface area contributed by atoms with Crippen molar-refractivity contribution in [2.75, 3.05) is 0 Å². The molecule has 0 amide bonds. The standard InChI is InChI=1S/C23H20BrNO/c1-2-20(22-15-25-23-12-11-17(24)14-21(22)23)16-7-6-10-19(13-16)26-18-8-4-3-5-9-18/h3-15,20,25H,2H2,1H3. The normalized spacial score (nSPS) is 12.2. The van der Waals surface area contributed by atoms with E-state index in [1.165, 1.54) is 22.0 Å². The summed E-state index contributed by atoms with van der Waals surface area (Å²) in [6, 6.07) is 24.7. The summed E-state index contributed by atoms with van der Waals surface area (Å²) in [5, 5.41) is 1.26. The van der Waals surface area contributed by atoms with E-state index in [4.69, 9.17) is 4.74 Å². The molecule has 0 saturated heterocycles. The number of ether oxygens (including phenoxy) is 1. The highest BCUT2D eigenvalue weighted by molar-refractivity contribution is 9.10. The molecule has 26 heavy (non-hydrogen) atoms. The molecule has 130 valence electrons. The zero-order valence-electron chi connectivity index (χ0n) is 14.6. The lowest BCUT2D eigenvalue weighted by atomic mass is 9.89. The van der Waals surface area contributed by atoms with Gasteiger partial charge in [-0.1, -0.05) is 53.2 Å². The SMILES string of the molecule is CCC(c1cccc(Oc2ccccc2)c1)c1c[nH]c2ccc(Br)cc12. The Morgan fingerprint density at radius 2 is 1.73 bits per heavy atom. The first-order valence-electron chi connectivity index (χ1n) is 8.84. The minimum atomic E-state index is 0.317. The molecule has 0 fully saturated rings. The Kier molecular flexibility index (Phi) is 4.81. The van der Waals surface area contributed by atoms with Gasteiger partial charge >= 0.3 is 0 Å². The average molecular weight is 406 g/mol. The number of benzene rings is 3. The average Bonchev–Trinajstić information content (AvgIpc) is 3.07. The van der Waals surface area contributed by atoms with Gasteiger partial charge in [-0.05, 0) is 60.0 Å². The van der Waals surface area contributed by atoms with Gasteiger partial charge in [0.2, 0.25) is 0 Å². The summed E-state index contributed by atoms with van der Waals surface area (Å²) in [4.78, 5) is 3.40. The molecule has 0 saturated carbocycles. The van der Waals surface area contributed by atoms with E-state index in [-0.39, 0.29) is 0 Å². The number of aromatic nitrogens is 1. The number of hydrogen-bond donors (Lipinski definition) is 1. The van der Waals surface area contributed by atoms with Gasteiger partial charge < -0.3 is 9.72 Å². The van der Waals surface area contributed by atoms with Gasteiger partial charge in [-0.2, -0.15) is 0 Å². The summed E-state index contributed by atoms with van der Waals surface area (Å²) < 4.78 is 7.12. The van der Waals surface area contributed by atoms with Crippen LogP contribution in [0.4, 0.5) is 0 Å². The maximum absolute atomic E-state index is 6.02. The van der Waals surface area contributed by atoms with Crippen molar-refractivity contribution in [2.45, 2.75) is 19.3 Å². The lowest BCUT2D eigenvalue weighted by Gasteiger charge is -2.16. The zero-order valence-corrected chi connectivity index (χ0v) is 16.2. The van der Waals surface area contributed by atoms with Gasteiger partial charge in [0.25, 0.3) is 0 Å². The number of hydrogen-bond acceptors (Lipinski definition) is 1. The number of fused-ring (bicyclic) bond motifs is 1. The second-order valence-electron chi connectivity index (χ2n) is 6.38. The van der Waals surface area contributed by atoms with Crippen LogP contribution in [0.5, 0.6) is 11.5 Å². The van der Waals surface area contributed by atoms with Crippen LogP contribution in [0.15, 0.2) is 83.5 Å². The number of H-pyrrole nitrogens is 1. The van der Waals surface area contributed by atoms with Gasteiger partial charge in [0.1, 0.15) is 11.5 Å². The number of rotatable bonds is 5. The quantitative estimate of drug-likeness (QED) is 0.371. The second kappa shape index (κ2) is 7.38. The summed E-state index contributed by atoms with van der Waals surface area (Å²) in [6.45, 7) is 2.23. The lowest BCUT2D eigenvalue weighted by Crippen LogP contribution is -1.99. The summed E-state index contributed by atoms with van der Waals surface area (Å²) in [6.07, 6.45) is 3.16. The Morgan fingerprint density at radius 3 is 2.54 bits per heavy atom. The largest absolute Gasteiger partial charge is 0.457 e. The topological polar surface area (TPSA) is 25.0 Å². The number of aromatic amines is 1. The van der Waals surface area contributed by atoms with Gasteiger partial charge in [0.05, 0.1) is 0 Å². The Hall–Kier alpha value is -2.52. The summed E-state index contributed by atoms with van der Waals surface area (Å²) in [5.41, 5.74) is 3.75. The van der Waals surface area contributed by atoms with E-state index in [1.807, 2.05) is 36.4 Å². The van der Waals surface area contributed by atoms with Crippen LogP contribution in [0.25, 0.3) is 10.9 Å². The van der Waals surface area contributed by atoms with Crippen LogP contribution in [-0.4, -0.2) is 4.98 Å². The molecule has 1 N–H and O–H groups in total. The van der Waals surface area contributed by atoms with Gasteiger partial charge in [0, 0.05) is 27.5 Å². The first kappa shape index (κ1) is 16.9. The van der Waals surface area contributed by atoms with Crippen LogP contribution in [-0.2, 0) is 0 Å². The van der Waals surface area contributed by atoms with E-state index in [9.17, 15) is 0 Å². The first-order chi connectivity index (χ1) is 12.7. The number of para-hydroxylation sites is 1. The Bertz CT molecular complexity index is 1020. The molecule has 1 atom stereocenters. The van der Waals surface area contributed by atoms with Gasteiger partial charge in [-0.3, -0.25) is 0 Å². The molecule has 2 nitrogen and oxygen atoms in total. The number of halogens is 1. The molecular formula is C23H20BrNO. The number of nitrogens with one attached hydrogen (secondary N) is 1. The molecule has 4 rings (SSSR count). The van der Waals surface area contributed by atoms with Crippen molar-refractivity contribution in [3.8, 4) is 11.5 Å². The highest BCUT2D eigenvalue weighted by atomic mass is 79.9. The molecule has 0 aliphatic rings. The molecule has 1 aromatic heterocycles.